The molecule has 0 N–H and O–H groups in total. The van der Waals surface area contributed by atoms with Crippen molar-refractivity contribution in [1.29, 1.82) is 0 Å². The Morgan fingerprint density at radius 1 is 0.196 bits per heavy atom. The molecule has 0 nitrogen and oxygen atoms in total. The molecule has 0 fully saturated rings. The molecule has 0 amide bonds. The van der Waals surface area contributed by atoms with E-state index in [2.05, 4.69) is 206 Å². The summed E-state index contributed by atoms with van der Waals surface area (Å²) in [5.41, 5.74) is 7.50. The number of fused-ring (bicyclic) bond motifs is 14. The van der Waals surface area contributed by atoms with Crippen molar-refractivity contribution >= 4 is 86.2 Å². The van der Waals surface area contributed by atoms with E-state index in [9.17, 15) is 0 Å². The lowest BCUT2D eigenvalue weighted by Gasteiger charge is -2.19. The van der Waals surface area contributed by atoms with Crippen LogP contribution in [0.15, 0.2) is 206 Å². The zero-order chi connectivity index (χ0) is 36.7. The van der Waals surface area contributed by atoms with Gasteiger partial charge in [0.2, 0.25) is 0 Å². The monoisotopic (exact) mass is 706 g/mol. The Kier molecular flexibility index (Phi) is 6.73. The van der Waals surface area contributed by atoms with Gasteiger partial charge in [-0.05, 0) is 126 Å². The Labute approximate surface area is 324 Å². The second kappa shape index (κ2) is 12.1. The summed E-state index contributed by atoms with van der Waals surface area (Å²) in [7, 11) is 0. The predicted octanol–water partition coefficient (Wildman–Crippen LogP) is 15.9. The van der Waals surface area contributed by atoms with Gasteiger partial charge in [0.15, 0.2) is 0 Å². The Bertz CT molecular complexity index is 3490. The highest BCUT2D eigenvalue weighted by Gasteiger charge is 2.19. The molecule has 12 aromatic carbocycles. The van der Waals surface area contributed by atoms with Crippen molar-refractivity contribution in [2.45, 2.75) is 0 Å². The fraction of sp³-hybridized carbons (Fsp3) is 0. The molecule has 0 aliphatic heterocycles. The molecule has 0 radical (unpaired) electrons. The molecule has 0 aliphatic rings. The second-order valence-electron chi connectivity index (χ2n) is 15.1. The average molecular weight is 707 g/mol. The zero-order valence-corrected chi connectivity index (χ0v) is 30.6. The molecule has 0 unspecified atom stereocenters. The van der Waals surface area contributed by atoms with E-state index in [1.807, 2.05) is 0 Å². The van der Waals surface area contributed by atoms with Gasteiger partial charge in [-0.3, -0.25) is 0 Å². The molecule has 0 heterocycles. The van der Waals surface area contributed by atoms with E-state index in [-0.39, 0.29) is 0 Å². The van der Waals surface area contributed by atoms with E-state index in [1.54, 1.807) is 0 Å². The van der Waals surface area contributed by atoms with Gasteiger partial charge in [0, 0.05) is 0 Å². The lowest BCUT2D eigenvalue weighted by Crippen LogP contribution is -1.92. The maximum Gasteiger partial charge on any atom is -0.00137 e. The molecule has 0 atom stereocenters. The Morgan fingerprint density at radius 3 is 1.12 bits per heavy atom. The average Bonchev–Trinajstić information content (AvgIpc) is 3.28. The van der Waals surface area contributed by atoms with E-state index < -0.39 is 0 Å². The normalized spacial score (nSPS) is 11.9. The Balaban J connectivity index is 1.08. The molecule has 56 heavy (non-hydrogen) atoms. The summed E-state index contributed by atoms with van der Waals surface area (Å²) in [4.78, 5) is 0. The van der Waals surface area contributed by atoms with Crippen LogP contribution < -0.4 is 0 Å². The highest BCUT2D eigenvalue weighted by Crippen LogP contribution is 2.47. The van der Waals surface area contributed by atoms with E-state index >= 15 is 0 Å². The summed E-state index contributed by atoms with van der Waals surface area (Å²) < 4.78 is 0. The number of rotatable bonds is 3. The van der Waals surface area contributed by atoms with Crippen molar-refractivity contribution in [3.05, 3.63) is 206 Å². The predicted molar refractivity (Wildman–Crippen MR) is 243 cm³/mol. The SMILES string of the molecule is c1ccc2c(-c3c4ccccc4c(-c4ccc(-c5ccc6c7ccccc7c7c8ccccc8c8ccccc8c7c6c5)cc4)c4ccccc34)cccc2c1. The third-order valence-corrected chi connectivity index (χ3v) is 12.2. The van der Waals surface area contributed by atoms with Gasteiger partial charge in [0.1, 0.15) is 0 Å². The van der Waals surface area contributed by atoms with Gasteiger partial charge in [0.05, 0.1) is 0 Å². The smallest absolute Gasteiger partial charge is 0.00137 e. The standard InChI is InChI=1S/C56H34/c1-2-16-39-36(14-1)15-13-27-44(39)54-50-25-11-9-23-48(50)53(49-24-10-12-26-51(49)54)37-30-28-35(29-31-37)38-32-33-43-42-19-5-7-21-46(42)55-45-20-6-3-17-40(45)41-18-4-8-22-47(41)56(55)52(43)34-38/h1-34H. The van der Waals surface area contributed by atoms with Crippen molar-refractivity contribution in [2.24, 2.45) is 0 Å². The Hall–Kier alpha value is -7.28. The zero-order valence-electron chi connectivity index (χ0n) is 30.6. The van der Waals surface area contributed by atoms with E-state index in [4.69, 9.17) is 0 Å². The maximum atomic E-state index is 2.43. The molecule has 0 bridgehead atoms. The van der Waals surface area contributed by atoms with Crippen LogP contribution in [-0.2, 0) is 0 Å². The second-order valence-corrected chi connectivity index (χ2v) is 15.1. The maximum absolute atomic E-state index is 2.43. The molecule has 0 saturated carbocycles. The number of hydrogen-bond acceptors (Lipinski definition) is 0. The summed E-state index contributed by atoms with van der Waals surface area (Å²) in [6.07, 6.45) is 0. The lowest BCUT2D eigenvalue weighted by molar-refractivity contribution is 1.63. The van der Waals surface area contributed by atoms with Crippen LogP contribution >= 0.6 is 0 Å². The molecule has 12 rings (SSSR count). The van der Waals surface area contributed by atoms with Crippen LogP contribution in [0.5, 0.6) is 0 Å². The molecule has 12 aromatic rings. The van der Waals surface area contributed by atoms with Crippen molar-refractivity contribution in [3.63, 3.8) is 0 Å². The number of benzene rings is 12. The minimum Gasteiger partial charge on any atom is -0.0616 e. The first kappa shape index (κ1) is 31.1. The first-order valence-electron chi connectivity index (χ1n) is 19.5. The van der Waals surface area contributed by atoms with Gasteiger partial charge in [-0.2, -0.15) is 0 Å². The van der Waals surface area contributed by atoms with E-state index in [0.29, 0.717) is 0 Å². The molecule has 0 aromatic heterocycles. The van der Waals surface area contributed by atoms with Crippen LogP contribution in [-0.4, -0.2) is 0 Å². The third-order valence-electron chi connectivity index (χ3n) is 12.2. The summed E-state index contributed by atoms with van der Waals surface area (Å²) in [5.74, 6) is 0. The largest absolute Gasteiger partial charge is 0.0616 e. The van der Waals surface area contributed by atoms with Gasteiger partial charge in [-0.1, -0.05) is 200 Å². The molecule has 0 saturated heterocycles. The third kappa shape index (κ3) is 4.48. The van der Waals surface area contributed by atoms with Crippen LogP contribution in [0, 0.1) is 0 Å². The minimum atomic E-state index is 1.21. The van der Waals surface area contributed by atoms with Gasteiger partial charge in [0.25, 0.3) is 0 Å². The summed E-state index contributed by atoms with van der Waals surface area (Å²) in [6.45, 7) is 0. The first-order chi connectivity index (χ1) is 27.8. The van der Waals surface area contributed by atoms with E-state index in [1.165, 1.54) is 120 Å². The van der Waals surface area contributed by atoms with Gasteiger partial charge in [-0.25, -0.2) is 0 Å². The highest BCUT2D eigenvalue weighted by molar-refractivity contribution is 6.39. The summed E-state index contributed by atoms with van der Waals surface area (Å²) >= 11 is 0. The van der Waals surface area contributed by atoms with Crippen LogP contribution in [0.25, 0.3) is 120 Å². The highest BCUT2D eigenvalue weighted by atomic mass is 14.2. The summed E-state index contributed by atoms with van der Waals surface area (Å²) in [6, 6.07) is 76.5. The number of hydrogen-bond donors (Lipinski definition) is 0. The lowest BCUT2D eigenvalue weighted by atomic mass is 9.84. The summed E-state index contributed by atoms with van der Waals surface area (Å²) in [5, 5.41) is 20.7. The molecular weight excluding hydrogens is 673 g/mol. The van der Waals surface area contributed by atoms with Crippen LogP contribution in [0.4, 0.5) is 0 Å². The fourth-order valence-electron chi connectivity index (χ4n) is 9.80. The van der Waals surface area contributed by atoms with Crippen molar-refractivity contribution in [2.75, 3.05) is 0 Å². The van der Waals surface area contributed by atoms with Crippen molar-refractivity contribution in [1.82, 2.24) is 0 Å². The fourth-order valence-corrected chi connectivity index (χ4v) is 9.80. The van der Waals surface area contributed by atoms with Crippen molar-refractivity contribution < 1.29 is 0 Å². The van der Waals surface area contributed by atoms with Gasteiger partial charge in [-0.15, -0.1) is 0 Å². The topological polar surface area (TPSA) is 0 Å². The quantitative estimate of drug-likeness (QED) is 0.127. The van der Waals surface area contributed by atoms with Gasteiger partial charge < -0.3 is 0 Å². The van der Waals surface area contributed by atoms with Crippen LogP contribution in [0.2, 0.25) is 0 Å². The minimum absolute atomic E-state index is 1.21. The molecule has 0 spiro atoms. The van der Waals surface area contributed by atoms with Crippen LogP contribution in [0.3, 0.4) is 0 Å². The van der Waals surface area contributed by atoms with Gasteiger partial charge >= 0.3 is 0 Å². The van der Waals surface area contributed by atoms with Crippen molar-refractivity contribution in [3.8, 4) is 33.4 Å². The molecule has 0 heteroatoms. The van der Waals surface area contributed by atoms with E-state index in [0.717, 1.165) is 0 Å². The molecular formula is C56H34. The Morgan fingerprint density at radius 2 is 0.571 bits per heavy atom. The van der Waals surface area contributed by atoms with Crippen LogP contribution in [0.1, 0.15) is 0 Å². The molecule has 0 aliphatic carbocycles. The first-order valence-corrected chi connectivity index (χ1v) is 19.5. The molecule has 258 valence electrons.